The van der Waals surface area contributed by atoms with Crippen LogP contribution in [0.15, 0.2) is 0 Å². The number of nitrogens with one attached hydrogen (secondary N) is 1. The first-order valence-electron chi connectivity index (χ1n) is 5.24. The quantitative estimate of drug-likeness (QED) is 0.586. The molecule has 0 radical (unpaired) electrons. The lowest BCUT2D eigenvalue weighted by molar-refractivity contribution is -0.152. The van der Waals surface area contributed by atoms with Crippen molar-refractivity contribution in [3.63, 3.8) is 0 Å². The van der Waals surface area contributed by atoms with Gasteiger partial charge in [0.2, 0.25) is 11.8 Å². The van der Waals surface area contributed by atoms with Crippen LogP contribution >= 0.6 is 0 Å². The Hall–Kier alpha value is -1.63. The first-order chi connectivity index (χ1) is 7.74. The smallest absolute Gasteiger partial charge is 0.332 e. The van der Waals surface area contributed by atoms with Gasteiger partial charge in [-0.3, -0.25) is 9.59 Å². The second kappa shape index (κ2) is 4.70. The van der Waals surface area contributed by atoms with E-state index in [2.05, 4.69) is 5.32 Å². The fraction of sp³-hybridized carbons (Fsp3) is 0.700. The van der Waals surface area contributed by atoms with E-state index in [0.717, 1.165) is 0 Å². The summed E-state index contributed by atoms with van der Waals surface area (Å²) in [4.78, 5) is 33.3. The standard InChI is InChI=1S/C10H16N2O5/c1-10(2,9(11)16)12-7(13)5-3-4-6(17-5)8(14)15/h5-6H,3-4H2,1-2H3,(H2,11,16)(H,12,13)(H,14,15). The lowest BCUT2D eigenvalue weighted by atomic mass is 10.0. The summed E-state index contributed by atoms with van der Waals surface area (Å²) in [5.74, 6) is -2.27. The van der Waals surface area contributed by atoms with Gasteiger partial charge in [-0.1, -0.05) is 0 Å². The van der Waals surface area contributed by atoms with Gasteiger partial charge < -0.3 is 20.9 Å². The number of nitrogens with two attached hydrogens (primary N) is 1. The topological polar surface area (TPSA) is 119 Å². The molecule has 17 heavy (non-hydrogen) atoms. The molecule has 1 aliphatic rings. The lowest BCUT2D eigenvalue weighted by Crippen LogP contribution is -2.55. The van der Waals surface area contributed by atoms with Crippen LogP contribution in [-0.4, -0.2) is 40.6 Å². The van der Waals surface area contributed by atoms with Crippen LogP contribution in [0.1, 0.15) is 26.7 Å². The molecule has 0 aromatic heterocycles. The molecule has 1 saturated heterocycles. The molecule has 1 rings (SSSR count). The molecule has 7 heteroatoms. The predicted octanol–water partition coefficient (Wildman–Crippen LogP) is -1.00. The Balaban J connectivity index is 2.56. The summed E-state index contributed by atoms with van der Waals surface area (Å²) in [6, 6.07) is 0. The Labute approximate surface area is 98.3 Å². The Morgan fingerprint density at radius 3 is 2.24 bits per heavy atom. The number of carbonyl (C=O) groups is 3. The molecule has 0 saturated carbocycles. The van der Waals surface area contributed by atoms with Crippen LogP contribution in [0.25, 0.3) is 0 Å². The maximum Gasteiger partial charge on any atom is 0.332 e. The van der Waals surface area contributed by atoms with E-state index in [1.165, 1.54) is 13.8 Å². The van der Waals surface area contributed by atoms with Gasteiger partial charge in [-0.05, 0) is 26.7 Å². The van der Waals surface area contributed by atoms with Crippen LogP contribution in [-0.2, 0) is 19.1 Å². The molecular weight excluding hydrogens is 228 g/mol. The molecule has 0 aromatic carbocycles. The van der Waals surface area contributed by atoms with Gasteiger partial charge in [-0.15, -0.1) is 0 Å². The number of hydrogen-bond donors (Lipinski definition) is 3. The number of rotatable bonds is 4. The third kappa shape index (κ3) is 3.16. The largest absolute Gasteiger partial charge is 0.479 e. The maximum absolute atomic E-state index is 11.7. The van der Waals surface area contributed by atoms with Crippen molar-refractivity contribution in [3.05, 3.63) is 0 Å². The van der Waals surface area contributed by atoms with E-state index >= 15 is 0 Å². The number of carbonyl (C=O) groups excluding carboxylic acids is 2. The highest BCUT2D eigenvalue weighted by Gasteiger charge is 2.37. The number of aliphatic carboxylic acids is 1. The molecule has 2 unspecified atom stereocenters. The van der Waals surface area contributed by atoms with Crippen molar-refractivity contribution in [2.75, 3.05) is 0 Å². The van der Waals surface area contributed by atoms with Gasteiger partial charge in [-0.25, -0.2) is 4.79 Å². The van der Waals surface area contributed by atoms with E-state index < -0.39 is 35.5 Å². The van der Waals surface area contributed by atoms with Crippen molar-refractivity contribution in [2.24, 2.45) is 5.73 Å². The number of carboxylic acids is 1. The molecule has 2 amide bonds. The highest BCUT2D eigenvalue weighted by Crippen LogP contribution is 2.20. The van der Waals surface area contributed by atoms with Crippen molar-refractivity contribution in [1.82, 2.24) is 5.32 Å². The molecule has 1 heterocycles. The van der Waals surface area contributed by atoms with Crippen LogP contribution in [0, 0.1) is 0 Å². The summed E-state index contributed by atoms with van der Waals surface area (Å²) in [5, 5.41) is 11.1. The molecule has 0 bridgehead atoms. The van der Waals surface area contributed by atoms with E-state index in [1.54, 1.807) is 0 Å². The maximum atomic E-state index is 11.7. The number of carboxylic acid groups (broad SMARTS) is 1. The molecule has 4 N–H and O–H groups in total. The molecule has 0 aromatic rings. The number of hydrogen-bond acceptors (Lipinski definition) is 4. The minimum absolute atomic E-state index is 0.282. The van der Waals surface area contributed by atoms with Crippen LogP contribution in [0.2, 0.25) is 0 Å². The molecule has 2 atom stereocenters. The van der Waals surface area contributed by atoms with Crippen LogP contribution in [0.3, 0.4) is 0 Å². The second-order valence-electron chi connectivity index (χ2n) is 4.51. The zero-order chi connectivity index (χ0) is 13.2. The minimum atomic E-state index is -1.18. The first-order valence-corrected chi connectivity index (χ1v) is 5.24. The molecule has 1 fully saturated rings. The van der Waals surface area contributed by atoms with Gasteiger partial charge in [-0.2, -0.15) is 0 Å². The van der Waals surface area contributed by atoms with Crippen molar-refractivity contribution in [3.8, 4) is 0 Å². The van der Waals surface area contributed by atoms with Gasteiger partial charge >= 0.3 is 5.97 Å². The van der Waals surface area contributed by atoms with E-state index in [1.807, 2.05) is 0 Å². The minimum Gasteiger partial charge on any atom is -0.479 e. The lowest BCUT2D eigenvalue weighted by Gasteiger charge is -2.24. The first kappa shape index (κ1) is 13.4. The summed E-state index contributed by atoms with van der Waals surface area (Å²) < 4.78 is 5.05. The predicted molar refractivity (Wildman–Crippen MR) is 56.9 cm³/mol. The Morgan fingerprint density at radius 1 is 1.29 bits per heavy atom. The fourth-order valence-electron chi connectivity index (χ4n) is 1.46. The van der Waals surface area contributed by atoms with Gasteiger partial charge in [0.05, 0.1) is 0 Å². The molecule has 0 spiro atoms. The SMILES string of the molecule is CC(C)(NC(=O)C1CCC(C(=O)O)O1)C(N)=O. The van der Waals surface area contributed by atoms with Crippen molar-refractivity contribution < 1.29 is 24.2 Å². The van der Waals surface area contributed by atoms with E-state index in [0.29, 0.717) is 6.42 Å². The normalized spacial score (nSPS) is 24.4. The van der Waals surface area contributed by atoms with Crippen molar-refractivity contribution >= 4 is 17.8 Å². The Kier molecular flexibility index (Phi) is 3.72. The average Bonchev–Trinajstić information content (AvgIpc) is 2.65. The number of ether oxygens (including phenoxy) is 1. The molecule has 96 valence electrons. The van der Waals surface area contributed by atoms with Crippen LogP contribution < -0.4 is 11.1 Å². The van der Waals surface area contributed by atoms with Gasteiger partial charge in [0.15, 0.2) is 6.10 Å². The Morgan fingerprint density at radius 2 is 1.82 bits per heavy atom. The number of amides is 2. The van der Waals surface area contributed by atoms with Gasteiger partial charge in [0.25, 0.3) is 0 Å². The molecule has 0 aliphatic carbocycles. The summed E-state index contributed by atoms with van der Waals surface area (Å²) >= 11 is 0. The van der Waals surface area contributed by atoms with Crippen molar-refractivity contribution in [2.45, 2.75) is 44.4 Å². The molecule has 7 nitrogen and oxygen atoms in total. The second-order valence-corrected chi connectivity index (χ2v) is 4.51. The van der Waals surface area contributed by atoms with E-state index in [9.17, 15) is 14.4 Å². The van der Waals surface area contributed by atoms with Gasteiger partial charge in [0.1, 0.15) is 11.6 Å². The highest BCUT2D eigenvalue weighted by molar-refractivity contribution is 5.91. The van der Waals surface area contributed by atoms with Crippen LogP contribution in [0.4, 0.5) is 0 Å². The summed E-state index contributed by atoms with van der Waals surface area (Å²) in [5.41, 5.74) is 3.93. The molecular formula is C10H16N2O5. The number of primary amides is 1. The zero-order valence-electron chi connectivity index (χ0n) is 9.73. The van der Waals surface area contributed by atoms with Gasteiger partial charge in [0, 0.05) is 0 Å². The average molecular weight is 244 g/mol. The zero-order valence-corrected chi connectivity index (χ0v) is 9.73. The fourth-order valence-corrected chi connectivity index (χ4v) is 1.46. The Bertz CT molecular complexity index is 353. The monoisotopic (exact) mass is 244 g/mol. The summed E-state index contributed by atoms with van der Waals surface area (Å²) in [6.07, 6.45) is -1.20. The van der Waals surface area contributed by atoms with Crippen LogP contribution in [0.5, 0.6) is 0 Å². The summed E-state index contributed by atoms with van der Waals surface area (Å²) in [6.45, 7) is 2.94. The van der Waals surface area contributed by atoms with E-state index in [-0.39, 0.29) is 6.42 Å². The molecule has 1 aliphatic heterocycles. The third-order valence-electron chi connectivity index (χ3n) is 2.64. The van der Waals surface area contributed by atoms with E-state index in [4.69, 9.17) is 15.6 Å². The third-order valence-corrected chi connectivity index (χ3v) is 2.64. The highest BCUT2D eigenvalue weighted by atomic mass is 16.5. The summed E-state index contributed by atoms with van der Waals surface area (Å²) in [7, 11) is 0. The van der Waals surface area contributed by atoms with Crippen molar-refractivity contribution in [1.29, 1.82) is 0 Å².